The van der Waals surface area contributed by atoms with E-state index in [0.717, 1.165) is 52.6 Å². The Hall–Kier alpha value is -3.94. The Bertz CT molecular complexity index is 1720. The molecule has 1 aliphatic rings. The Kier molecular flexibility index (Phi) is 7.65. The molecule has 0 aliphatic carbocycles. The van der Waals surface area contributed by atoms with E-state index >= 15 is 0 Å². The van der Waals surface area contributed by atoms with Gasteiger partial charge in [0.15, 0.2) is 5.65 Å². The van der Waals surface area contributed by atoms with E-state index in [-0.39, 0.29) is 5.91 Å². The maximum atomic E-state index is 13.4. The molecule has 3 heterocycles. The van der Waals surface area contributed by atoms with Crippen LogP contribution in [0, 0.1) is 13.8 Å². The van der Waals surface area contributed by atoms with Gasteiger partial charge in [0, 0.05) is 37.6 Å². The monoisotopic (exact) mass is 584 g/mol. The van der Waals surface area contributed by atoms with Crippen molar-refractivity contribution in [3.63, 3.8) is 0 Å². The number of aryl methyl sites for hydroxylation is 2. The number of hydrogen-bond acceptors (Lipinski definition) is 5. The van der Waals surface area contributed by atoms with E-state index < -0.39 is 0 Å². The average molecular weight is 586 g/mol. The highest BCUT2D eigenvalue weighted by molar-refractivity contribution is 6.36. The van der Waals surface area contributed by atoms with Crippen LogP contribution in [0.5, 0.6) is 0 Å². The third kappa shape index (κ3) is 5.65. The largest absolute Gasteiger partial charge is 0.354 e. The molecule has 0 radical (unpaired) electrons. The van der Waals surface area contributed by atoms with Crippen molar-refractivity contribution < 1.29 is 4.79 Å². The normalized spacial score (nSPS) is 14.0. The molecule has 3 aromatic carbocycles. The van der Waals surface area contributed by atoms with E-state index in [4.69, 9.17) is 38.3 Å². The van der Waals surface area contributed by atoms with Crippen molar-refractivity contribution in [3.8, 4) is 5.69 Å². The first-order chi connectivity index (χ1) is 19.9. The average Bonchev–Trinajstić information content (AvgIpc) is 3.13. The van der Waals surface area contributed by atoms with Crippen LogP contribution in [0.4, 0.5) is 5.82 Å². The molecule has 0 saturated carbocycles. The van der Waals surface area contributed by atoms with Crippen LogP contribution in [0.15, 0.2) is 72.8 Å². The van der Waals surface area contributed by atoms with E-state index in [9.17, 15) is 4.79 Å². The van der Waals surface area contributed by atoms with Crippen LogP contribution in [-0.2, 0) is 6.42 Å². The predicted octanol–water partition coefficient (Wildman–Crippen LogP) is 6.68. The number of aromatic nitrogens is 4. The zero-order chi connectivity index (χ0) is 28.5. The highest BCUT2D eigenvalue weighted by Crippen LogP contribution is 2.31. The van der Waals surface area contributed by atoms with Crippen molar-refractivity contribution >= 4 is 46.0 Å². The molecule has 0 atom stereocenters. The number of halogens is 2. The number of rotatable bonds is 5. The number of fused-ring (bicyclic) bond motifs is 1. The summed E-state index contributed by atoms with van der Waals surface area (Å²) in [5.74, 6) is 1.50. The molecular weight excluding hydrogens is 555 g/mol. The second-order valence-electron chi connectivity index (χ2n) is 10.4. The van der Waals surface area contributed by atoms with Gasteiger partial charge in [-0.05, 0) is 56.2 Å². The van der Waals surface area contributed by atoms with Gasteiger partial charge in [-0.15, -0.1) is 0 Å². The lowest BCUT2D eigenvalue weighted by Gasteiger charge is -2.24. The molecule has 41 heavy (non-hydrogen) atoms. The van der Waals surface area contributed by atoms with Crippen LogP contribution in [0.3, 0.4) is 0 Å². The topological polar surface area (TPSA) is 67.2 Å². The number of carbonyl (C=O) groups is 1. The maximum Gasteiger partial charge on any atom is 0.255 e. The minimum atomic E-state index is -0.0884. The van der Waals surface area contributed by atoms with Gasteiger partial charge >= 0.3 is 0 Å². The van der Waals surface area contributed by atoms with E-state index in [0.29, 0.717) is 41.7 Å². The lowest BCUT2D eigenvalue weighted by Crippen LogP contribution is -2.35. The standard InChI is InChI=1S/C32H30Cl2N6O/c1-21-9-11-23(12-10-21)19-28-35-30(29-22(2)37-40(31(29)36-28)25-7-4-3-5-8-25)38-15-6-16-39(18-17-38)32(41)26-14-13-24(33)20-27(26)34/h3-5,7-14,20H,6,15-19H2,1-2H3. The van der Waals surface area contributed by atoms with Crippen molar-refractivity contribution in [3.05, 3.63) is 111 Å². The fraction of sp³-hybridized carbons (Fsp3) is 0.250. The molecule has 6 rings (SSSR count). The second-order valence-corrected chi connectivity index (χ2v) is 11.3. The number of nitrogens with zero attached hydrogens (tertiary/aromatic N) is 6. The van der Waals surface area contributed by atoms with Gasteiger partial charge in [0.1, 0.15) is 11.6 Å². The lowest BCUT2D eigenvalue weighted by molar-refractivity contribution is 0.0767. The quantitative estimate of drug-likeness (QED) is 0.230. The van der Waals surface area contributed by atoms with E-state index in [1.54, 1.807) is 18.2 Å². The Morgan fingerprint density at radius 3 is 2.41 bits per heavy atom. The molecule has 0 unspecified atom stereocenters. The summed E-state index contributed by atoms with van der Waals surface area (Å²) in [6.45, 7) is 6.64. The third-order valence-corrected chi connectivity index (χ3v) is 8.01. The number of amides is 1. The molecule has 1 fully saturated rings. The van der Waals surface area contributed by atoms with Crippen LogP contribution in [0.1, 0.15) is 39.4 Å². The Balaban J connectivity index is 1.37. The minimum absolute atomic E-state index is 0.0884. The van der Waals surface area contributed by atoms with Gasteiger partial charge in [0.2, 0.25) is 0 Å². The highest BCUT2D eigenvalue weighted by atomic mass is 35.5. The molecule has 1 aliphatic heterocycles. The van der Waals surface area contributed by atoms with Crippen LogP contribution in [0.25, 0.3) is 16.7 Å². The summed E-state index contributed by atoms with van der Waals surface area (Å²) in [6.07, 6.45) is 1.40. The first-order valence-electron chi connectivity index (χ1n) is 13.7. The summed E-state index contributed by atoms with van der Waals surface area (Å²) in [5.41, 5.74) is 5.43. The van der Waals surface area contributed by atoms with Crippen molar-refractivity contribution in [2.24, 2.45) is 0 Å². The number of anilines is 1. The van der Waals surface area contributed by atoms with Gasteiger partial charge in [-0.1, -0.05) is 71.2 Å². The molecule has 0 bridgehead atoms. The van der Waals surface area contributed by atoms with Crippen LogP contribution >= 0.6 is 23.2 Å². The molecular formula is C32H30Cl2N6O. The van der Waals surface area contributed by atoms with Gasteiger partial charge in [-0.2, -0.15) is 5.10 Å². The number of carbonyl (C=O) groups excluding carboxylic acids is 1. The minimum Gasteiger partial charge on any atom is -0.354 e. The van der Waals surface area contributed by atoms with E-state index in [1.165, 1.54) is 5.56 Å². The molecule has 208 valence electrons. The maximum absolute atomic E-state index is 13.4. The first kappa shape index (κ1) is 27.2. The molecule has 0 spiro atoms. The summed E-state index contributed by atoms with van der Waals surface area (Å²) < 4.78 is 1.91. The first-order valence-corrected chi connectivity index (χ1v) is 14.5. The fourth-order valence-corrected chi connectivity index (χ4v) is 5.81. The summed E-state index contributed by atoms with van der Waals surface area (Å²) in [5, 5.41) is 6.70. The molecule has 5 aromatic rings. The molecule has 7 nitrogen and oxygen atoms in total. The Morgan fingerprint density at radius 1 is 0.878 bits per heavy atom. The van der Waals surface area contributed by atoms with Gasteiger partial charge in [0.05, 0.1) is 27.4 Å². The predicted molar refractivity (Wildman–Crippen MR) is 165 cm³/mol. The highest BCUT2D eigenvalue weighted by Gasteiger charge is 2.26. The fourth-order valence-electron chi connectivity index (χ4n) is 5.32. The van der Waals surface area contributed by atoms with Crippen molar-refractivity contribution in [1.29, 1.82) is 0 Å². The summed E-state index contributed by atoms with van der Waals surface area (Å²) in [4.78, 5) is 27.7. The van der Waals surface area contributed by atoms with Gasteiger partial charge in [-0.3, -0.25) is 4.79 Å². The lowest BCUT2D eigenvalue weighted by atomic mass is 10.1. The Labute approximate surface area is 249 Å². The number of para-hydroxylation sites is 1. The van der Waals surface area contributed by atoms with Crippen molar-refractivity contribution in [1.82, 2.24) is 24.6 Å². The van der Waals surface area contributed by atoms with E-state index in [1.807, 2.05) is 46.8 Å². The molecule has 1 amide bonds. The van der Waals surface area contributed by atoms with Crippen LogP contribution < -0.4 is 4.90 Å². The van der Waals surface area contributed by atoms with Crippen LogP contribution in [-0.4, -0.2) is 56.7 Å². The van der Waals surface area contributed by atoms with E-state index in [2.05, 4.69) is 36.1 Å². The van der Waals surface area contributed by atoms with Gasteiger partial charge in [0.25, 0.3) is 5.91 Å². The second kappa shape index (κ2) is 11.5. The van der Waals surface area contributed by atoms with Crippen molar-refractivity contribution in [2.75, 3.05) is 31.1 Å². The summed E-state index contributed by atoms with van der Waals surface area (Å²) >= 11 is 12.4. The summed E-state index contributed by atoms with van der Waals surface area (Å²) in [7, 11) is 0. The number of benzene rings is 3. The molecule has 9 heteroatoms. The molecule has 1 saturated heterocycles. The van der Waals surface area contributed by atoms with Crippen molar-refractivity contribution in [2.45, 2.75) is 26.7 Å². The Morgan fingerprint density at radius 2 is 1.66 bits per heavy atom. The zero-order valence-electron chi connectivity index (χ0n) is 23.0. The SMILES string of the molecule is Cc1ccc(Cc2nc(N3CCCN(C(=O)c4ccc(Cl)cc4Cl)CC3)c3c(C)nn(-c4ccccc4)c3n2)cc1. The molecule has 0 N–H and O–H groups in total. The zero-order valence-corrected chi connectivity index (χ0v) is 24.5. The van der Waals surface area contributed by atoms with Gasteiger partial charge in [-0.25, -0.2) is 14.6 Å². The number of hydrogen-bond donors (Lipinski definition) is 0. The third-order valence-electron chi connectivity index (χ3n) is 7.46. The summed E-state index contributed by atoms with van der Waals surface area (Å²) in [6, 6.07) is 23.5. The van der Waals surface area contributed by atoms with Crippen LogP contribution in [0.2, 0.25) is 10.0 Å². The van der Waals surface area contributed by atoms with Gasteiger partial charge < -0.3 is 9.80 Å². The smallest absolute Gasteiger partial charge is 0.255 e. The molecule has 2 aromatic heterocycles.